The molecule has 1 aliphatic rings. The first-order chi connectivity index (χ1) is 11.6. The van der Waals surface area contributed by atoms with Crippen molar-refractivity contribution in [2.24, 2.45) is 0 Å². The number of halogens is 2. The van der Waals surface area contributed by atoms with E-state index in [9.17, 15) is 13.6 Å². The van der Waals surface area contributed by atoms with Crippen LogP contribution in [0.3, 0.4) is 0 Å². The van der Waals surface area contributed by atoms with Crippen LogP contribution in [-0.4, -0.2) is 35.5 Å². The quantitative estimate of drug-likeness (QED) is 0.865. The minimum Gasteiger partial charge on any atom is -0.370 e. The number of hydrogen-bond donors (Lipinski definition) is 0. The van der Waals surface area contributed by atoms with Gasteiger partial charge in [0.15, 0.2) is 0 Å². The zero-order chi connectivity index (χ0) is 16.9. The number of morpholine rings is 1. The van der Waals surface area contributed by atoms with Crippen LogP contribution in [0.25, 0.3) is 0 Å². The minimum absolute atomic E-state index is 0.00244. The van der Waals surface area contributed by atoms with Crippen LogP contribution in [-0.2, 0) is 16.0 Å². The number of aromatic nitrogens is 1. The summed E-state index contributed by atoms with van der Waals surface area (Å²) in [6, 6.07) is 7.17. The van der Waals surface area contributed by atoms with Crippen LogP contribution >= 0.6 is 0 Å². The number of pyridine rings is 1. The molecule has 4 nitrogen and oxygen atoms in total. The molecule has 1 amide bonds. The van der Waals surface area contributed by atoms with Crippen molar-refractivity contribution in [1.82, 2.24) is 9.88 Å². The van der Waals surface area contributed by atoms with Gasteiger partial charge in [0.1, 0.15) is 17.7 Å². The van der Waals surface area contributed by atoms with E-state index in [2.05, 4.69) is 4.98 Å². The summed E-state index contributed by atoms with van der Waals surface area (Å²) >= 11 is 0. The third-order valence-corrected chi connectivity index (χ3v) is 4.11. The van der Waals surface area contributed by atoms with Gasteiger partial charge in [0.2, 0.25) is 5.91 Å². The lowest BCUT2D eigenvalue weighted by atomic mass is 10.1. The molecule has 1 unspecified atom stereocenters. The van der Waals surface area contributed by atoms with E-state index in [4.69, 9.17) is 4.74 Å². The first kappa shape index (κ1) is 16.5. The summed E-state index contributed by atoms with van der Waals surface area (Å²) in [6.07, 6.45) is 3.84. The summed E-state index contributed by atoms with van der Waals surface area (Å²) in [6.45, 7) is 1.09. The topological polar surface area (TPSA) is 42.4 Å². The van der Waals surface area contributed by atoms with Crippen molar-refractivity contribution in [2.45, 2.75) is 18.9 Å². The van der Waals surface area contributed by atoms with Gasteiger partial charge in [-0.05, 0) is 30.2 Å². The third kappa shape index (κ3) is 3.94. The number of carbonyl (C=O) groups is 1. The summed E-state index contributed by atoms with van der Waals surface area (Å²) in [5.41, 5.74) is 1.33. The predicted molar refractivity (Wildman–Crippen MR) is 84.2 cm³/mol. The third-order valence-electron chi connectivity index (χ3n) is 4.11. The lowest BCUT2D eigenvalue weighted by Gasteiger charge is -2.33. The second kappa shape index (κ2) is 7.49. The Balaban J connectivity index is 1.61. The Morgan fingerprint density at radius 3 is 2.79 bits per heavy atom. The van der Waals surface area contributed by atoms with Gasteiger partial charge in [0, 0.05) is 37.0 Å². The van der Waals surface area contributed by atoms with Gasteiger partial charge in [-0.25, -0.2) is 8.78 Å². The molecular weight excluding hydrogens is 314 g/mol. The van der Waals surface area contributed by atoms with Crippen molar-refractivity contribution in [3.05, 3.63) is 65.5 Å². The zero-order valence-corrected chi connectivity index (χ0v) is 13.1. The Morgan fingerprint density at radius 2 is 2.04 bits per heavy atom. The highest BCUT2D eigenvalue weighted by atomic mass is 19.1. The number of amides is 1. The van der Waals surface area contributed by atoms with Gasteiger partial charge >= 0.3 is 0 Å². The molecule has 1 fully saturated rings. The Kier molecular flexibility index (Phi) is 5.15. The van der Waals surface area contributed by atoms with Crippen LogP contribution in [0.4, 0.5) is 8.78 Å². The minimum atomic E-state index is -0.647. The van der Waals surface area contributed by atoms with E-state index < -0.39 is 17.7 Å². The van der Waals surface area contributed by atoms with Crippen LogP contribution < -0.4 is 0 Å². The van der Waals surface area contributed by atoms with Crippen molar-refractivity contribution in [1.29, 1.82) is 0 Å². The fourth-order valence-electron chi connectivity index (χ4n) is 2.79. The molecule has 0 spiro atoms. The molecule has 1 aliphatic heterocycles. The van der Waals surface area contributed by atoms with Crippen LogP contribution in [0.15, 0.2) is 42.7 Å². The maximum absolute atomic E-state index is 13.9. The highest BCUT2D eigenvalue weighted by Gasteiger charge is 2.27. The number of hydrogen-bond acceptors (Lipinski definition) is 3. The maximum atomic E-state index is 13.9. The lowest BCUT2D eigenvalue weighted by molar-refractivity contribution is -0.139. The van der Waals surface area contributed by atoms with E-state index in [1.165, 1.54) is 12.1 Å². The standard InChI is InChI=1S/C18H18F2N2O2/c19-14-2-3-15(16(20)11-14)17-12-22(9-10-24-17)18(23)4-1-13-5-7-21-8-6-13/h2-3,5-8,11,17H,1,4,9-10,12H2. The monoisotopic (exact) mass is 332 g/mol. The molecule has 0 bridgehead atoms. The fraction of sp³-hybridized carbons (Fsp3) is 0.333. The highest BCUT2D eigenvalue weighted by Crippen LogP contribution is 2.25. The van der Waals surface area contributed by atoms with Crippen molar-refractivity contribution < 1.29 is 18.3 Å². The van der Waals surface area contributed by atoms with Gasteiger partial charge in [-0.3, -0.25) is 9.78 Å². The van der Waals surface area contributed by atoms with E-state index in [-0.39, 0.29) is 18.0 Å². The van der Waals surface area contributed by atoms with Crippen molar-refractivity contribution >= 4 is 5.91 Å². The van der Waals surface area contributed by atoms with Gasteiger partial charge < -0.3 is 9.64 Å². The summed E-state index contributed by atoms with van der Waals surface area (Å²) in [4.78, 5) is 18.0. The summed E-state index contributed by atoms with van der Waals surface area (Å²) in [7, 11) is 0. The van der Waals surface area contributed by atoms with Gasteiger partial charge in [-0.15, -0.1) is 0 Å². The largest absolute Gasteiger partial charge is 0.370 e. The molecule has 1 atom stereocenters. The second-order valence-electron chi connectivity index (χ2n) is 5.72. The molecule has 1 aromatic carbocycles. The SMILES string of the molecule is O=C(CCc1ccncc1)N1CCOC(c2ccc(F)cc2F)C1. The number of aryl methyl sites for hydroxylation is 1. The van der Waals surface area contributed by atoms with Crippen LogP contribution in [0.1, 0.15) is 23.7 Å². The molecule has 1 saturated heterocycles. The van der Waals surface area contributed by atoms with Gasteiger partial charge in [-0.2, -0.15) is 0 Å². The number of ether oxygens (including phenoxy) is 1. The predicted octanol–water partition coefficient (Wildman–Crippen LogP) is 2.89. The molecule has 0 radical (unpaired) electrons. The number of nitrogens with zero attached hydrogens (tertiary/aromatic N) is 2. The van der Waals surface area contributed by atoms with E-state index >= 15 is 0 Å². The summed E-state index contributed by atoms with van der Waals surface area (Å²) < 4.78 is 32.5. The average Bonchev–Trinajstić information content (AvgIpc) is 2.60. The van der Waals surface area contributed by atoms with E-state index in [0.717, 1.165) is 11.6 Å². The van der Waals surface area contributed by atoms with Crippen molar-refractivity contribution in [3.8, 4) is 0 Å². The van der Waals surface area contributed by atoms with Crippen molar-refractivity contribution in [2.75, 3.05) is 19.7 Å². The second-order valence-corrected chi connectivity index (χ2v) is 5.72. The Morgan fingerprint density at radius 1 is 1.25 bits per heavy atom. The fourth-order valence-corrected chi connectivity index (χ4v) is 2.79. The van der Waals surface area contributed by atoms with E-state index in [0.29, 0.717) is 26.0 Å². The molecule has 0 aliphatic carbocycles. The number of benzene rings is 1. The summed E-state index contributed by atoms with van der Waals surface area (Å²) in [5, 5.41) is 0. The first-order valence-electron chi connectivity index (χ1n) is 7.87. The number of rotatable bonds is 4. The van der Waals surface area contributed by atoms with Crippen LogP contribution in [0.2, 0.25) is 0 Å². The van der Waals surface area contributed by atoms with E-state index in [1.807, 2.05) is 12.1 Å². The molecule has 0 saturated carbocycles. The van der Waals surface area contributed by atoms with E-state index in [1.54, 1.807) is 17.3 Å². The zero-order valence-electron chi connectivity index (χ0n) is 13.1. The maximum Gasteiger partial charge on any atom is 0.223 e. The molecule has 0 N–H and O–H groups in total. The van der Waals surface area contributed by atoms with Gasteiger partial charge in [0.05, 0.1) is 13.2 Å². The summed E-state index contributed by atoms with van der Waals surface area (Å²) in [5.74, 6) is -1.27. The smallest absolute Gasteiger partial charge is 0.223 e. The Labute approximate surface area is 139 Å². The van der Waals surface area contributed by atoms with Crippen LogP contribution in [0.5, 0.6) is 0 Å². The molecule has 6 heteroatoms. The van der Waals surface area contributed by atoms with Crippen LogP contribution in [0, 0.1) is 11.6 Å². The Hall–Kier alpha value is -2.34. The molecule has 3 rings (SSSR count). The normalized spacial score (nSPS) is 17.8. The molecular formula is C18H18F2N2O2. The molecule has 24 heavy (non-hydrogen) atoms. The molecule has 1 aromatic heterocycles. The van der Waals surface area contributed by atoms with Gasteiger partial charge in [0.25, 0.3) is 0 Å². The first-order valence-corrected chi connectivity index (χ1v) is 7.87. The van der Waals surface area contributed by atoms with Gasteiger partial charge in [-0.1, -0.05) is 6.07 Å². The highest BCUT2D eigenvalue weighted by molar-refractivity contribution is 5.76. The Bertz CT molecular complexity index is 709. The lowest BCUT2D eigenvalue weighted by Crippen LogP contribution is -2.42. The molecule has 126 valence electrons. The molecule has 2 heterocycles. The van der Waals surface area contributed by atoms with Crippen molar-refractivity contribution in [3.63, 3.8) is 0 Å². The number of carbonyl (C=O) groups excluding carboxylic acids is 1. The molecule has 2 aromatic rings. The average molecular weight is 332 g/mol.